The van der Waals surface area contributed by atoms with Crippen LogP contribution >= 0.6 is 0 Å². The second-order valence-electron chi connectivity index (χ2n) is 3.31. The minimum absolute atomic E-state index is 0.0448. The van der Waals surface area contributed by atoms with Gasteiger partial charge >= 0.3 is 5.97 Å². The summed E-state index contributed by atoms with van der Waals surface area (Å²) in [4.78, 5) is 25.1. The molecule has 0 aromatic carbocycles. The van der Waals surface area contributed by atoms with E-state index in [0.29, 0.717) is 0 Å². The molecule has 0 unspecified atom stereocenters. The first-order valence-corrected chi connectivity index (χ1v) is 4.26. The van der Waals surface area contributed by atoms with Crippen LogP contribution in [0.15, 0.2) is 0 Å². The SMILES string of the molecule is CN1CCN(CC(=O)C(=O)O)CC1. The standard InChI is InChI=1S/C8H14N2O3/c1-9-2-4-10(5-3-9)6-7(11)8(12)13/h2-6H2,1H3,(H,12,13). The maximum Gasteiger partial charge on any atom is 0.373 e. The predicted octanol–water partition coefficient (Wildman–Crippen LogP) is -1.11. The fraction of sp³-hybridized carbons (Fsp3) is 0.750. The Morgan fingerprint density at radius 1 is 1.23 bits per heavy atom. The van der Waals surface area contributed by atoms with E-state index in [1.54, 1.807) is 0 Å². The number of carboxylic acids is 1. The summed E-state index contributed by atoms with van der Waals surface area (Å²) in [7, 11) is 2.01. The predicted molar refractivity (Wildman–Crippen MR) is 46.6 cm³/mol. The van der Waals surface area contributed by atoms with Gasteiger partial charge in [0.1, 0.15) is 0 Å². The fourth-order valence-electron chi connectivity index (χ4n) is 1.28. The van der Waals surface area contributed by atoms with Crippen LogP contribution in [0.4, 0.5) is 0 Å². The smallest absolute Gasteiger partial charge is 0.373 e. The number of likely N-dealkylation sites (N-methyl/N-ethyl adjacent to an activating group) is 1. The Balaban J connectivity index is 2.30. The molecule has 1 aliphatic rings. The molecule has 0 saturated carbocycles. The van der Waals surface area contributed by atoms with Crippen LogP contribution in [0.25, 0.3) is 0 Å². The molecule has 0 atom stereocenters. The highest BCUT2D eigenvalue weighted by molar-refractivity contribution is 6.33. The zero-order valence-electron chi connectivity index (χ0n) is 7.69. The molecular formula is C8H14N2O3. The van der Waals surface area contributed by atoms with Crippen LogP contribution < -0.4 is 0 Å². The van der Waals surface area contributed by atoms with E-state index in [-0.39, 0.29) is 6.54 Å². The molecule has 0 spiro atoms. The van der Waals surface area contributed by atoms with Gasteiger partial charge in [0.25, 0.3) is 5.78 Å². The normalized spacial score (nSPS) is 20.1. The van der Waals surface area contributed by atoms with Gasteiger partial charge in [0.2, 0.25) is 0 Å². The third kappa shape index (κ3) is 3.12. The van der Waals surface area contributed by atoms with Crippen molar-refractivity contribution >= 4 is 11.8 Å². The van der Waals surface area contributed by atoms with E-state index in [2.05, 4.69) is 4.90 Å². The van der Waals surface area contributed by atoms with E-state index >= 15 is 0 Å². The van der Waals surface area contributed by atoms with Crippen LogP contribution in [0, 0.1) is 0 Å². The molecule has 0 aliphatic carbocycles. The summed E-state index contributed by atoms with van der Waals surface area (Å²) in [5.41, 5.74) is 0. The summed E-state index contributed by atoms with van der Waals surface area (Å²) in [6, 6.07) is 0. The van der Waals surface area contributed by atoms with Crippen LogP contribution in [0.2, 0.25) is 0 Å². The Morgan fingerprint density at radius 2 is 1.77 bits per heavy atom. The van der Waals surface area contributed by atoms with Gasteiger partial charge in [-0.1, -0.05) is 0 Å². The summed E-state index contributed by atoms with van der Waals surface area (Å²) >= 11 is 0. The molecule has 1 saturated heterocycles. The van der Waals surface area contributed by atoms with E-state index in [4.69, 9.17) is 5.11 Å². The van der Waals surface area contributed by atoms with Crippen molar-refractivity contribution in [2.45, 2.75) is 0 Å². The zero-order valence-corrected chi connectivity index (χ0v) is 7.69. The topological polar surface area (TPSA) is 60.9 Å². The van der Waals surface area contributed by atoms with Gasteiger partial charge in [-0.3, -0.25) is 9.69 Å². The maximum atomic E-state index is 10.8. The molecule has 1 N–H and O–H groups in total. The van der Waals surface area contributed by atoms with Gasteiger partial charge in [-0.25, -0.2) is 4.79 Å². The van der Waals surface area contributed by atoms with Crippen molar-refractivity contribution in [1.29, 1.82) is 0 Å². The van der Waals surface area contributed by atoms with Crippen LogP contribution in [-0.2, 0) is 9.59 Å². The fourth-order valence-corrected chi connectivity index (χ4v) is 1.28. The number of rotatable bonds is 3. The number of carbonyl (C=O) groups excluding carboxylic acids is 1. The molecule has 0 bridgehead atoms. The van der Waals surface area contributed by atoms with Crippen molar-refractivity contribution in [1.82, 2.24) is 9.80 Å². The summed E-state index contributed by atoms with van der Waals surface area (Å²) in [5.74, 6) is -2.05. The van der Waals surface area contributed by atoms with E-state index < -0.39 is 11.8 Å². The number of hydrogen-bond donors (Lipinski definition) is 1. The number of Topliss-reactive ketones (excluding diaryl/α,β-unsaturated/α-hetero) is 1. The van der Waals surface area contributed by atoms with E-state index in [9.17, 15) is 9.59 Å². The average Bonchev–Trinajstić information content (AvgIpc) is 2.08. The molecule has 0 amide bonds. The lowest BCUT2D eigenvalue weighted by atomic mass is 10.3. The number of nitrogens with zero attached hydrogens (tertiary/aromatic N) is 2. The average molecular weight is 186 g/mol. The Hall–Kier alpha value is -0.940. The van der Waals surface area contributed by atoms with Gasteiger partial charge in [0, 0.05) is 26.2 Å². The Bertz CT molecular complexity index is 209. The van der Waals surface area contributed by atoms with Gasteiger partial charge in [-0.15, -0.1) is 0 Å². The molecule has 0 aromatic rings. The lowest BCUT2D eigenvalue weighted by molar-refractivity contribution is -0.149. The highest BCUT2D eigenvalue weighted by atomic mass is 16.4. The number of aliphatic carboxylic acids is 1. The molecule has 74 valence electrons. The molecule has 0 aromatic heterocycles. The molecule has 5 heteroatoms. The second kappa shape index (κ2) is 4.34. The van der Waals surface area contributed by atoms with Gasteiger partial charge in [0.15, 0.2) is 0 Å². The third-order valence-corrected chi connectivity index (χ3v) is 2.20. The van der Waals surface area contributed by atoms with Crippen LogP contribution in [-0.4, -0.2) is 66.4 Å². The van der Waals surface area contributed by atoms with Crippen LogP contribution in [0.1, 0.15) is 0 Å². The molecule has 13 heavy (non-hydrogen) atoms. The monoisotopic (exact) mass is 186 g/mol. The summed E-state index contributed by atoms with van der Waals surface area (Å²) in [6.45, 7) is 3.38. The Morgan fingerprint density at radius 3 is 2.23 bits per heavy atom. The Labute approximate surface area is 76.9 Å². The lowest BCUT2D eigenvalue weighted by Gasteiger charge is -2.31. The van der Waals surface area contributed by atoms with Crippen molar-refractivity contribution in [3.8, 4) is 0 Å². The first-order valence-electron chi connectivity index (χ1n) is 4.26. The van der Waals surface area contributed by atoms with Crippen molar-refractivity contribution in [2.24, 2.45) is 0 Å². The number of carbonyl (C=O) groups is 2. The van der Waals surface area contributed by atoms with Crippen molar-refractivity contribution in [3.05, 3.63) is 0 Å². The quantitative estimate of drug-likeness (QED) is 0.566. The van der Waals surface area contributed by atoms with E-state index in [1.807, 2.05) is 11.9 Å². The van der Waals surface area contributed by atoms with Crippen molar-refractivity contribution < 1.29 is 14.7 Å². The maximum absolute atomic E-state index is 10.8. The third-order valence-electron chi connectivity index (χ3n) is 2.20. The second-order valence-corrected chi connectivity index (χ2v) is 3.31. The Kier molecular flexibility index (Phi) is 3.39. The zero-order chi connectivity index (χ0) is 9.84. The van der Waals surface area contributed by atoms with Crippen molar-refractivity contribution in [2.75, 3.05) is 39.8 Å². The molecule has 5 nitrogen and oxygen atoms in total. The molecule has 0 radical (unpaired) electrons. The minimum Gasteiger partial charge on any atom is -0.475 e. The molecule has 1 aliphatic heterocycles. The highest BCUT2D eigenvalue weighted by Gasteiger charge is 2.19. The first kappa shape index (κ1) is 10.1. The van der Waals surface area contributed by atoms with Gasteiger partial charge in [-0.2, -0.15) is 0 Å². The van der Waals surface area contributed by atoms with Crippen LogP contribution in [0.3, 0.4) is 0 Å². The van der Waals surface area contributed by atoms with Gasteiger partial charge < -0.3 is 10.0 Å². The number of hydrogen-bond acceptors (Lipinski definition) is 4. The van der Waals surface area contributed by atoms with Crippen molar-refractivity contribution in [3.63, 3.8) is 0 Å². The molecule has 1 heterocycles. The summed E-state index contributed by atoms with van der Waals surface area (Å²) in [6.07, 6.45) is 0. The summed E-state index contributed by atoms with van der Waals surface area (Å²) in [5, 5.41) is 8.38. The molecule has 1 rings (SSSR count). The molecular weight excluding hydrogens is 172 g/mol. The number of piperazine rings is 1. The number of ketones is 1. The van der Waals surface area contributed by atoms with Gasteiger partial charge in [0.05, 0.1) is 6.54 Å². The van der Waals surface area contributed by atoms with Crippen LogP contribution in [0.5, 0.6) is 0 Å². The largest absolute Gasteiger partial charge is 0.475 e. The van der Waals surface area contributed by atoms with E-state index in [0.717, 1.165) is 26.2 Å². The number of carboxylic acid groups (broad SMARTS) is 1. The molecule has 1 fully saturated rings. The lowest BCUT2D eigenvalue weighted by Crippen LogP contribution is -2.47. The minimum atomic E-state index is -1.33. The summed E-state index contributed by atoms with van der Waals surface area (Å²) < 4.78 is 0. The highest BCUT2D eigenvalue weighted by Crippen LogP contribution is 1.98. The van der Waals surface area contributed by atoms with Gasteiger partial charge in [-0.05, 0) is 7.05 Å². The first-order chi connectivity index (χ1) is 6.09. The van der Waals surface area contributed by atoms with E-state index in [1.165, 1.54) is 0 Å².